The lowest BCUT2D eigenvalue weighted by atomic mass is 9.84. The van der Waals surface area contributed by atoms with E-state index < -0.39 is 0 Å². The average molecular weight is 519 g/mol. The summed E-state index contributed by atoms with van der Waals surface area (Å²) >= 11 is 0. The van der Waals surface area contributed by atoms with E-state index in [2.05, 4.69) is 76.7 Å². The number of hydrogen-bond acceptors (Lipinski definition) is 5. The van der Waals surface area contributed by atoms with E-state index in [9.17, 15) is 4.79 Å². The number of rotatable bonds is 6. The Balaban J connectivity index is 1.34. The molecule has 1 N–H and O–H groups in total. The highest BCUT2D eigenvalue weighted by molar-refractivity contribution is 5.80. The summed E-state index contributed by atoms with van der Waals surface area (Å²) in [6.45, 7) is 13.6. The molecule has 8 nitrogen and oxygen atoms in total. The van der Waals surface area contributed by atoms with Crippen LogP contribution >= 0.6 is 0 Å². The molecule has 1 aromatic carbocycles. The number of carbonyl (C=O) groups excluding carboxylic acids is 1. The Kier molecular flexibility index (Phi) is 7.63. The second-order valence-electron chi connectivity index (χ2n) is 11.3. The first kappa shape index (κ1) is 26.5. The predicted octanol–water partition coefficient (Wildman–Crippen LogP) is 4.59. The number of benzene rings is 1. The van der Waals surface area contributed by atoms with Crippen LogP contribution in [0.5, 0.6) is 0 Å². The summed E-state index contributed by atoms with van der Waals surface area (Å²) in [6, 6.07) is 13.9. The van der Waals surface area contributed by atoms with Crippen LogP contribution in [-0.4, -0.2) is 83.9 Å². The molecule has 3 aromatic rings. The highest BCUT2D eigenvalue weighted by Crippen LogP contribution is 2.37. The molecule has 2 amide bonds. The van der Waals surface area contributed by atoms with Crippen LogP contribution in [0.2, 0.25) is 0 Å². The van der Waals surface area contributed by atoms with Crippen LogP contribution in [0, 0.1) is 0 Å². The molecule has 2 aliphatic heterocycles. The van der Waals surface area contributed by atoms with Gasteiger partial charge in [0, 0.05) is 69.9 Å². The lowest BCUT2D eigenvalue weighted by molar-refractivity contribution is -0.0767. The van der Waals surface area contributed by atoms with E-state index in [0.717, 1.165) is 55.8 Å². The molecular formula is C30H42N6O2. The fourth-order valence-corrected chi connectivity index (χ4v) is 5.90. The third-order valence-electron chi connectivity index (χ3n) is 8.16. The lowest BCUT2D eigenvalue weighted by Crippen LogP contribution is -2.53. The summed E-state index contributed by atoms with van der Waals surface area (Å²) in [5, 5.41) is 7.59. The van der Waals surface area contributed by atoms with Crippen molar-refractivity contribution >= 4 is 17.2 Å². The number of urea groups is 1. The van der Waals surface area contributed by atoms with E-state index in [1.54, 1.807) is 0 Å². The standard InChI is InChI=1S/C30H42N6O2/c1-22(2)32-29(37)34-17-15-33(16-18-34)27-11-13-31-36-20-25(19-28(27)36)24-7-9-26(10-8-24)30(38-5)12-6-14-35(21-30)23(3)4/h7-11,13,19-20,22-23H,6,12,14-18,21H2,1-5H3,(H,32,37)/t30-/m0/s1. The van der Waals surface area contributed by atoms with Crippen LogP contribution in [0.3, 0.4) is 0 Å². The molecule has 0 aliphatic carbocycles. The molecule has 0 saturated carbocycles. The number of methoxy groups -OCH3 is 1. The lowest BCUT2D eigenvalue weighted by Gasteiger charge is -2.44. The highest BCUT2D eigenvalue weighted by Gasteiger charge is 2.38. The van der Waals surface area contributed by atoms with E-state index in [0.29, 0.717) is 19.1 Å². The summed E-state index contributed by atoms with van der Waals surface area (Å²) in [5.41, 5.74) is 5.54. The molecule has 204 valence electrons. The van der Waals surface area contributed by atoms with Gasteiger partial charge in [0.05, 0.1) is 11.2 Å². The monoisotopic (exact) mass is 518 g/mol. The van der Waals surface area contributed by atoms with Gasteiger partial charge in [-0.15, -0.1) is 0 Å². The third kappa shape index (κ3) is 5.24. The Labute approximate surface area is 226 Å². The van der Waals surface area contributed by atoms with Crippen molar-refractivity contribution in [2.75, 3.05) is 51.3 Å². The third-order valence-corrected chi connectivity index (χ3v) is 8.16. The molecular weight excluding hydrogens is 476 g/mol. The molecule has 2 saturated heterocycles. The van der Waals surface area contributed by atoms with Crippen molar-refractivity contribution in [3.63, 3.8) is 0 Å². The van der Waals surface area contributed by atoms with Crippen molar-refractivity contribution in [1.82, 2.24) is 24.7 Å². The Morgan fingerprint density at radius 2 is 1.74 bits per heavy atom. The number of nitrogens with zero attached hydrogens (tertiary/aromatic N) is 5. The SMILES string of the molecule is CO[C@@]1(c2ccc(-c3cc4c(N5CCN(C(=O)NC(C)C)CC5)ccnn4c3)cc2)CCCN(C(C)C)C1. The van der Waals surface area contributed by atoms with E-state index >= 15 is 0 Å². The normalized spacial score (nSPS) is 21.0. The van der Waals surface area contributed by atoms with Gasteiger partial charge in [-0.2, -0.15) is 5.10 Å². The van der Waals surface area contributed by atoms with Gasteiger partial charge in [0.25, 0.3) is 0 Å². The van der Waals surface area contributed by atoms with Gasteiger partial charge < -0.3 is 19.9 Å². The first-order chi connectivity index (χ1) is 18.3. The van der Waals surface area contributed by atoms with E-state index in [-0.39, 0.29) is 17.7 Å². The summed E-state index contributed by atoms with van der Waals surface area (Å²) in [6.07, 6.45) is 6.15. The van der Waals surface area contributed by atoms with Crippen molar-refractivity contribution in [2.45, 2.75) is 58.2 Å². The maximum atomic E-state index is 12.4. The second kappa shape index (κ2) is 10.9. The minimum Gasteiger partial charge on any atom is -0.372 e. The van der Waals surface area contributed by atoms with Gasteiger partial charge in [0.1, 0.15) is 5.60 Å². The van der Waals surface area contributed by atoms with Gasteiger partial charge in [0.2, 0.25) is 0 Å². The largest absolute Gasteiger partial charge is 0.372 e. The number of ether oxygens (including phenoxy) is 1. The van der Waals surface area contributed by atoms with Crippen LogP contribution < -0.4 is 10.2 Å². The quantitative estimate of drug-likeness (QED) is 0.517. The van der Waals surface area contributed by atoms with Crippen LogP contribution in [0.1, 0.15) is 46.1 Å². The number of fused-ring (bicyclic) bond motifs is 1. The van der Waals surface area contributed by atoms with Gasteiger partial charge in [0.15, 0.2) is 0 Å². The minimum atomic E-state index is -0.254. The van der Waals surface area contributed by atoms with E-state index in [4.69, 9.17) is 4.74 Å². The molecule has 4 heterocycles. The topological polar surface area (TPSA) is 65.3 Å². The van der Waals surface area contributed by atoms with Gasteiger partial charge >= 0.3 is 6.03 Å². The number of hydrogen-bond donors (Lipinski definition) is 1. The van der Waals surface area contributed by atoms with Crippen LogP contribution in [0.4, 0.5) is 10.5 Å². The van der Waals surface area contributed by atoms with Crippen molar-refractivity contribution in [3.05, 3.63) is 54.4 Å². The van der Waals surface area contributed by atoms with Crippen molar-refractivity contribution in [3.8, 4) is 11.1 Å². The molecule has 2 aromatic heterocycles. The summed E-state index contributed by atoms with van der Waals surface area (Å²) in [7, 11) is 1.85. The number of likely N-dealkylation sites (tertiary alicyclic amines) is 1. The number of aromatic nitrogens is 2. The molecule has 0 unspecified atom stereocenters. The highest BCUT2D eigenvalue weighted by atomic mass is 16.5. The van der Waals surface area contributed by atoms with Crippen molar-refractivity contribution in [1.29, 1.82) is 0 Å². The van der Waals surface area contributed by atoms with Gasteiger partial charge in [-0.25, -0.2) is 9.31 Å². The number of nitrogens with one attached hydrogen (secondary N) is 1. The molecule has 2 fully saturated rings. The fourth-order valence-electron chi connectivity index (χ4n) is 5.90. The Bertz CT molecular complexity index is 1250. The Morgan fingerprint density at radius 1 is 1.00 bits per heavy atom. The number of piperazine rings is 1. The molecule has 8 heteroatoms. The molecule has 0 spiro atoms. The molecule has 0 bridgehead atoms. The first-order valence-corrected chi connectivity index (χ1v) is 14.0. The van der Waals surface area contributed by atoms with Gasteiger partial charge in [-0.3, -0.25) is 4.90 Å². The maximum absolute atomic E-state index is 12.4. The van der Waals surface area contributed by atoms with Gasteiger partial charge in [-0.1, -0.05) is 24.3 Å². The average Bonchev–Trinajstić information content (AvgIpc) is 3.37. The second-order valence-corrected chi connectivity index (χ2v) is 11.3. The maximum Gasteiger partial charge on any atom is 0.317 e. The van der Waals surface area contributed by atoms with Crippen LogP contribution in [-0.2, 0) is 10.3 Å². The van der Waals surface area contributed by atoms with Crippen LogP contribution in [0.25, 0.3) is 16.6 Å². The number of anilines is 1. The zero-order chi connectivity index (χ0) is 26.9. The smallest absolute Gasteiger partial charge is 0.317 e. The Morgan fingerprint density at radius 3 is 2.39 bits per heavy atom. The number of carbonyl (C=O) groups is 1. The summed E-state index contributed by atoms with van der Waals surface area (Å²) < 4.78 is 8.14. The Hall–Kier alpha value is -3.10. The molecule has 1 atom stereocenters. The van der Waals surface area contributed by atoms with E-state index in [1.807, 2.05) is 36.6 Å². The molecule has 5 rings (SSSR count). The minimum absolute atomic E-state index is 0.0216. The number of piperidine rings is 1. The number of amides is 2. The van der Waals surface area contributed by atoms with Crippen molar-refractivity contribution < 1.29 is 9.53 Å². The molecule has 38 heavy (non-hydrogen) atoms. The predicted molar refractivity (Wildman–Crippen MR) is 153 cm³/mol. The van der Waals surface area contributed by atoms with Crippen molar-refractivity contribution in [2.24, 2.45) is 0 Å². The molecule has 0 radical (unpaired) electrons. The fraction of sp³-hybridized carbons (Fsp3) is 0.533. The zero-order valence-corrected chi connectivity index (χ0v) is 23.5. The van der Waals surface area contributed by atoms with Gasteiger partial charge in [-0.05, 0) is 70.3 Å². The van der Waals surface area contributed by atoms with Crippen LogP contribution in [0.15, 0.2) is 48.8 Å². The van der Waals surface area contributed by atoms with E-state index in [1.165, 1.54) is 11.1 Å². The first-order valence-electron chi connectivity index (χ1n) is 14.0. The zero-order valence-electron chi connectivity index (χ0n) is 23.5. The summed E-state index contributed by atoms with van der Waals surface area (Å²) in [4.78, 5) is 19.2. The molecule has 2 aliphatic rings. The summed E-state index contributed by atoms with van der Waals surface area (Å²) in [5.74, 6) is 0.